The van der Waals surface area contributed by atoms with Crippen LogP contribution in [0.1, 0.15) is 318 Å². The molecule has 9 heteroatoms. The first-order chi connectivity index (χ1) is 44.3. The fourth-order valence-corrected chi connectivity index (χ4v) is 13.6. The molecule has 0 fully saturated rings. The average molecular weight is 1330 g/mol. The maximum atomic E-state index is 14.3. The van der Waals surface area contributed by atoms with Crippen molar-refractivity contribution in [1.29, 1.82) is 0 Å². The Labute approximate surface area is 586 Å². The van der Waals surface area contributed by atoms with E-state index in [1.165, 1.54) is 0 Å². The summed E-state index contributed by atoms with van der Waals surface area (Å²) in [5, 5.41) is 34.4. The van der Waals surface area contributed by atoms with Crippen molar-refractivity contribution in [3.8, 4) is 34.5 Å². The van der Waals surface area contributed by atoms with Crippen LogP contribution < -0.4 is 14.2 Å². The number of ether oxygens (including phenoxy) is 3. The number of esters is 3. The molecule has 0 bridgehead atoms. The summed E-state index contributed by atoms with van der Waals surface area (Å²) in [6.07, 6.45) is 3.89. The van der Waals surface area contributed by atoms with Crippen LogP contribution in [0.3, 0.4) is 0 Å². The van der Waals surface area contributed by atoms with Crippen molar-refractivity contribution < 1.29 is 43.9 Å². The van der Waals surface area contributed by atoms with E-state index in [-0.39, 0.29) is 93.3 Å². The first-order valence-corrected chi connectivity index (χ1v) is 35.9. The van der Waals surface area contributed by atoms with Gasteiger partial charge in [-0.3, -0.25) is 14.4 Å². The number of phenolic OH excluding ortho intramolecular Hbond substituents is 3. The largest absolute Gasteiger partial charge is 0.507 e. The van der Waals surface area contributed by atoms with Gasteiger partial charge in [0.2, 0.25) is 0 Å². The molecular formula is C88H124O9. The van der Waals surface area contributed by atoms with Crippen molar-refractivity contribution in [2.75, 3.05) is 0 Å². The fourth-order valence-electron chi connectivity index (χ4n) is 13.6. The summed E-state index contributed by atoms with van der Waals surface area (Å²) in [4.78, 5) is 42.6. The van der Waals surface area contributed by atoms with E-state index in [0.717, 1.165) is 100 Å². The molecule has 0 aliphatic rings. The molecule has 6 aromatic carbocycles. The Bertz CT molecular complexity index is 3570. The summed E-state index contributed by atoms with van der Waals surface area (Å²) in [6, 6.07) is 25.2. The van der Waals surface area contributed by atoms with Crippen molar-refractivity contribution in [1.82, 2.24) is 0 Å². The molecule has 0 radical (unpaired) electrons. The molecule has 6 aromatic rings. The van der Waals surface area contributed by atoms with Gasteiger partial charge in [0.15, 0.2) is 0 Å². The molecule has 0 amide bonds. The molecule has 0 saturated carbocycles. The summed E-state index contributed by atoms with van der Waals surface area (Å²) < 4.78 is 19.4. The summed E-state index contributed by atoms with van der Waals surface area (Å²) in [6.45, 7) is 61.6. The highest BCUT2D eigenvalue weighted by atomic mass is 16.5. The van der Waals surface area contributed by atoms with Crippen LogP contribution in [-0.4, -0.2) is 33.2 Å². The molecule has 530 valence electrons. The minimum Gasteiger partial charge on any atom is -0.507 e. The van der Waals surface area contributed by atoms with Crippen molar-refractivity contribution >= 4 is 17.9 Å². The smallest absolute Gasteiger partial charge is 0.311 e. The van der Waals surface area contributed by atoms with Crippen molar-refractivity contribution in [3.63, 3.8) is 0 Å². The van der Waals surface area contributed by atoms with Gasteiger partial charge in [-0.1, -0.05) is 235 Å². The number of benzene rings is 6. The normalized spacial score (nSPS) is 13.2. The molecule has 97 heavy (non-hydrogen) atoms. The maximum Gasteiger partial charge on any atom is 0.311 e. The molecule has 0 aromatic heterocycles. The Hall–Kier alpha value is -6.87. The lowest BCUT2D eigenvalue weighted by molar-refractivity contribution is -0.135. The zero-order valence-corrected chi connectivity index (χ0v) is 65.4. The molecule has 3 N–H and O–H groups in total. The lowest BCUT2D eigenvalue weighted by Gasteiger charge is -2.30. The molecule has 0 heterocycles. The lowest BCUT2D eigenvalue weighted by atomic mass is 9.75. The van der Waals surface area contributed by atoms with Crippen LogP contribution in [0.4, 0.5) is 0 Å². The second kappa shape index (κ2) is 29.9. The number of aryl methyl sites for hydroxylation is 6. The Morgan fingerprint density at radius 2 is 0.588 bits per heavy atom. The van der Waals surface area contributed by atoms with Gasteiger partial charge in [0.05, 0.1) is 0 Å². The van der Waals surface area contributed by atoms with E-state index in [4.69, 9.17) is 14.2 Å². The molecule has 1 atom stereocenters. The Morgan fingerprint density at radius 1 is 0.340 bits per heavy atom. The molecule has 9 nitrogen and oxygen atoms in total. The first kappa shape index (κ1) is 79.1. The number of carbonyl (C=O) groups excluding carboxylic acids is 3. The first-order valence-electron chi connectivity index (χ1n) is 35.9. The Kier molecular flexibility index (Phi) is 24.4. The van der Waals surface area contributed by atoms with Crippen molar-refractivity contribution in [2.45, 2.75) is 308 Å². The van der Waals surface area contributed by atoms with Crippen LogP contribution in [0, 0.1) is 32.6 Å². The van der Waals surface area contributed by atoms with E-state index in [9.17, 15) is 29.7 Å². The van der Waals surface area contributed by atoms with E-state index < -0.39 is 5.41 Å². The zero-order chi connectivity index (χ0) is 73.4. The number of hydrogen-bond acceptors (Lipinski definition) is 9. The number of phenols is 3. The van der Waals surface area contributed by atoms with Crippen LogP contribution in [-0.2, 0) is 84.4 Å². The molecule has 1 unspecified atom stereocenters. The average Bonchev–Trinajstić information content (AvgIpc) is 0.809. The highest BCUT2D eigenvalue weighted by Gasteiger charge is 2.33. The van der Waals surface area contributed by atoms with Gasteiger partial charge in [-0.05, 0) is 228 Å². The molecule has 6 rings (SSSR count). The highest BCUT2D eigenvalue weighted by Crippen LogP contribution is 2.47. The van der Waals surface area contributed by atoms with Gasteiger partial charge in [-0.25, -0.2) is 0 Å². The van der Waals surface area contributed by atoms with Gasteiger partial charge in [0, 0.05) is 30.7 Å². The fraction of sp³-hybridized carbons (Fsp3) is 0.557. The van der Waals surface area contributed by atoms with Crippen LogP contribution >= 0.6 is 0 Å². The van der Waals surface area contributed by atoms with Crippen molar-refractivity contribution in [2.24, 2.45) is 11.8 Å². The molecule has 0 aliphatic carbocycles. The standard InChI is InChI=1S/C88H124O9/c1-51(2)36-60-48-63(55(7)39-73(60)95-76(89)33-30-57-42-67(83(12,13)14)79(92)68(43-57)84(15,16)17)65(64-49-61(37-52(3)4)74(40-56(64)8)96-77(90)34-31-58-44-69(85(18,19)20)80(93)70(45-58)86(21,22)23)38-53(5)62-50-66(82(9,10)11)75(41-54(62)6)97-78(91)35-32-59-46-71(87(24,25)26)81(94)72(47-59)88(27,28)29/h39-53,65,92-94H,30-38H2,1-29H3. The highest BCUT2D eigenvalue weighted by molar-refractivity contribution is 5.75. The van der Waals surface area contributed by atoms with E-state index in [2.05, 4.69) is 231 Å². The third-order valence-corrected chi connectivity index (χ3v) is 19.1. The summed E-state index contributed by atoms with van der Waals surface area (Å²) in [7, 11) is 0. The van der Waals surface area contributed by atoms with E-state index in [1.54, 1.807) is 0 Å². The molecular weight excluding hydrogens is 1200 g/mol. The predicted octanol–water partition coefficient (Wildman–Crippen LogP) is 22.1. The number of aromatic hydroxyl groups is 3. The lowest BCUT2D eigenvalue weighted by Crippen LogP contribution is -2.19. The minimum atomic E-state index is -0.397. The van der Waals surface area contributed by atoms with E-state index in [1.807, 2.05) is 42.5 Å². The van der Waals surface area contributed by atoms with Gasteiger partial charge in [-0.2, -0.15) is 0 Å². The zero-order valence-electron chi connectivity index (χ0n) is 65.4. The Morgan fingerprint density at radius 3 is 0.845 bits per heavy atom. The second-order valence-electron chi connectivity index (χ2n) is 36.5. The predicted molar refractivity (Wildman–Crippen MR) is 403 cm³/mol. The third-order valence-electron chi connectivity index (χ3n) is 19.1. The third kappa shape index (κ3) is 20.4. The Balaban J connectivity index is 1.44. The molecule has 0 saturated heterocycles. The molecule has 0 spiro atoms. The van der Waals surface area contributed by atoms with E-state index in [0.29, 0.717) is 73.0 Å². The minimum absolute atomic E-state index is 0.0229. The number of rotatable bonds is 21. The van der Waals surface area contributed by atoms with Crippen LogP contribution in [0.2, 0.25) is 0 Å². The van der Waals surface area contributed by atoms with Crippen LogP contribution in [0.25, 0.3) is 0 Å². The van der Waals surface area contributed by atoms with Gasteiger partial charge in [0.1, 0.15) is 34.5 Å². The number of hydrogen-bond donors (Lipinski definition) is 3. The summed E-state index contributed by atoms with van der Waals surface area (Å²) in [5.41, 5.74) is 15.1. The summed E-state index contributed by atoms with van der Waals surface area (Å²) >= 11 is 0. The van der Waals surface area contributed by atoms with Crippen LogP contribution in [0.5, 0.6) is 34.5 Å². The van der Waals surface area contributed by atoms with Gasteiger partial charge < -0.3 is 29.5 Å². The van der Waals surface area contributed by atoms with Crippen LogP contribution in [0.15, 0.2) is 72.8 Å². The molecule has 0 aliphatic heterocycles. The van der Waals surface area contributed by atoms with E-state index >= 15 is 0 Å². The summed E-state index contributed by atoms with van der Waals surface area (Å²) in [5.74, 6) is 1.91. The maximum absolute atomic E-state index is 14.3. The SMILES string of the molecule is Cc1cc(OC(=O)CCc2cc(C(C)(C)C)c(O)c(C(C)(C)C)c2)c(C(C)(C)C)cc1C(C)CC(c1cc(CC(C)C)c(OC(=O)CCc2cc(C(C)(C)C)c(O)c(C(C)(C)C)c2)cc1C)c1cc(CC(C)C)c(OC(=O)CCc2cc(C(C)(C)C)c(O)c(C(C)(C)C)c2)cc1C. The van der Waals surface area contributed by atoms with Gasteiger partial charge in [0.25, 0.3) is 0 Å². The second-order valence-corrected chi connectivity index (χ2v) is 36.5. The quantitative estimate of drug-likeness (QED) is 0.0475. The number of carbonyl (C=O) groups is 3. The van der Waals surface area contributed by atoms with Crippen molar-refractivity contribution in [3.05, 3.63) is 173 Å². The van der Waals surface area contributed by atoms with Gasteiger partial charge in [-0.15, -0.1) is 0 Å². The van der Waals surface area contributed by atoms with Gasteiger partial charge >= 0.3 is 17.9 Å². The topological polar surface area (TPSA) is 140 Å². The monoisotopic (exact) mass is 1320 g/mol.